The average Bonchev–Trinajstić information content (AvgIpc) is 2.68. The van der Waals surface area contributed by atoms with E-state index in [4.69, 9.17) is 4.74 Å². The minimum Gasteiger partial charge on any atom is -0.395 e. The predicted octanol–water partition coefficient (Wildman–Crippen LogP) is 2.05. The summed E-state index contributed by atoms with van der Waals surface area (Å²) in [5, 5.41) is 13.1. The summed E-state index contributed by atoms with van der Waals surface area (Å²) in [7, 11) is 1.53. The molecule has 0 aliphatic carbocycles. The van der Waals surface area contributed by atoms with Crippen molar-refractivity contribution in [3.8, 4) is 11.1 Å². The van der Waals surface area contributed by atoms with E-state index in [1.807, 2.05) is 37.1 Å². The van der Waals surface area contributed by atoms with Crippen LogP contribution >= 0.6 is 0 Å². The molecule has 1 amide bonds. The fraction of sp³-hybridized carbons (Fsp3) is 0.455. The van der Waals surface area contributed by atoms with Crippen LogP contribution in [0.2, 0.25) is 0 Å². The highest BCUT2D eigenvalue weighted by Gasteiger charge is 2.42. The SMILES string of the molecule is COCC(=O)N(C[C@H]1N[C@H](CO)[C@@H]1c1ccc(-c2cccnc2)cc1)C(C)C. The van der Waals surface area contributed by atoms with Gasteiger partial charge >= 0.3 is 0 Å². The van der Waals surface area contributed by atoms with Crippen molar-refractivity contribution in [2.24, 2.45) is 0 Å². The second-order valence-corrected chi connectivity index (χ2v) is 7.52. The average molecular weight is 383 g/mol. The maximum atomic E-state index is 12.4. The van der Waals surface area contributed by atoms with Crippen LogP contribution < -0.4 is 5.32 Å². The molecule has 28 heavy (non-hydrogen) atoms. The number of amides is 1. The maximum Gasteiger partial charge on any atom is 0.248 e. The molecule has 0 bridgehead atoms. The Morgan fingerprint density at radius 2 is 1.96 bits per heavy atom. The van der Waals surface area contributed by atoms with Crippen LogP contribution in [-0.4, -0.2) is 65.9 Å². The summed E-state index contributed by atoms with van der Waals surface area (Å²) in [6.45, 7) is 4.75. The lowest BCUT2D eigenvalue weighted by Gasteiger charge is -2.48. The second kappa shape index (κ2) is 9.28. The van der Waals surface area contributed by atoms with Crippen molar-refractivity contribution in [3.63, 3.8) is 0 Å². The topological polar surface area (TPSA) is 74.7 Å². The lowest BCUT2D eigenvalue weighted by atomic mass is 9.77. The van der Waals surface area contributed by atoms with Crippen molar-refractivity contribution >= 4 is 5.91 Å². The Bertz CT molecular complexity index is 764. The number of hydrogen-bond acceptors (Lipinski definition) is 5. The standard InChI is InChI=1S/C22H29N3O3/c1-15(2)25(21(27)14-28-3)12-19-22(20(13-26)24-19)17-8-6-16(7-9-17)18-5-4-10-23-11-18/h4-11,15,19-20,22,24,26H,12-14H2,1-3H3/t19-,20-,22-/m1/s1. The van der Waals surface area contributed by atoms with Crippen LogP contribution in [0.4, 0.5) is 0 Å². The maximum absolute atomic E-state index is 12.4. The first-order chi connectivity index (χ1) is 13.5. The summed E-state index contributed by atoms with van der Waals surface area (Å²) in [4.78, 5) is 18.4. The summed E-state index contributed by atoms with van der Waals surface area (Å²) >= 11 is 0. The van der Waals surface area contributed by atoms with Crippen molar-refractivity contribution in [1.82, 2.24) is 15.2 Å². The number of aliphatic hydroxyl groups excluding tert-OH is 1. The summed E-state index contributed by atoms with van der Waals surface area (Å²) in [6.07, 6.45) is 3.61. The molecule has 2 heterocycles. The fourth-order valence-corrected chi connectivity index (χ4v) is 3.89. The van der Waals surface area contributed by atoms with E-state index in [1.54, 1.807) is 6.20 Å². The Labute approximate surface area is 166 Å². The predicted molar refractivity (Wildman–Crippen MR) is 109 cm³/mol. The molecule has 3 atom stereocenters. The van der Waals surface area contributed by atoms with Gasteiger partial charge < -0.3 is 20.1 Å². The molecule has 6 heteroatoms. The molecule has 0 unspecified atom stereocenters. The number of hydrogen-bond donors (Lipinski definition) is 2. The Kier molecular flexibility index (Phi) is 6.78. The number of nitrogens with zero attached hydrogens (tertiary/aromatic N) is 2. The molecule has 0 radical (unpaired) electrons. The van der Waals surface area contributed by atoms with Gasteiger partial charge in [0.1, 0.15) is 6.61 Å². The Balaban J connectivity index is 1.75. The summed E-state index contributed by atoms with van der Waals surface area (Å²) in [5.74, 6) is 0.141. The van der Waals surface area contributed by atoms with Crippen LogP contribution in [0.3, 0.4) is 0 Å². The number of aliphatic hydroxyl groups is 1. The van der Waals surface area contributed by atoms with Gasteiger partial charge in [-0.15, -0.1) is 0 Å². The molecular formula is C22H29N3O3. The van der Waals surface area contributed by atoms with Crippen molar-refractivity contribution in [3.05, 3.63) is 54.4 Å². The van der Waals surface area contributed by atoms with Crippen molar-refractivity contribution in [2.75, 3.05) is 26.9 Å². The third kappa shape index (κ3) is 4.41. The van der Waals surface area contributed by atoms with Gasteiger partial charge in [0.15, 0.2) is 0 Å². The quantitative estimate of drug-likeness (QED) is 0.730. The third-order valence-corrected chi connectivity index (χ3v) is 5.39. The summed E-state index contributed by atoms with van der Waals surface area (Å²) < 4.78 is 5.02. The highest BCUT2D eigenvalue weighted by atomic mass is 16.5. The molecule has 0 spiro atoms. The van der Waals surface area contributed by atoms with Crippen LogP contribution in [0.5, 0.6) is 0 Å². The minimum atomic E-state index is -0.0163. The highest BCUT2D eigenvalue weighted by molar-refractivity contribution is 5.77. The van der Waals surface area contributed by atoms with Crippen molar-refractivity contribution in [1.29, 1.82) is 0 Å². The monoisotopic (exact) mass is 383 g/mol. The highest BCUT2D eigenvalue weighted by Crippen LogP contribution is 2.34. The first-order valence-electron chi connectivity index (χ1n) is 9.70. The second-order valence-electron chi connectivity index (χ2n) is 7.52. The smallest absolute Gasteiger partial charge is 0.248 e. The van der Waals surface area contributed by atoms with Gasteiger partial charge in [-0.1, -0.05) is 30.3 Å². The molecule has 3 rings (SSSR count). The molecule has 2 aromatic rings. The number of rotatable bonds is 8. The summed E-state index contributed by atoms with van der Waals surface area (Å²) in [6, 6.07) is 12.6. The van der Waals surface area contributed by atoms with E-state index >= 15 is 0 Å². The molecule has 1 aliphatic heterocycles. The zero-order valence-electron chi connectivity index (χ0n) is 16.7. The Morgan fingerprint density at radius 3 is 2.54 bits per heavy atom. The van der Waals surface area contributed by atoms with Crippen LogP contribution in [0.1, 0.15) is 25.3 Å². The zero-order chi connectivity index (χ0) is 20.1. The number of benzene rings is 1. The molecule has 2 N–H and O–H groups in total. The van der Waals surface area contributed by atoms with Crippen LogP contribution in [0, 0.1) is 0 Å². The number of ether oxygens (including phenoxy) is 1. The number of carbonyl (C=O) groups is 1. The van der Waals surface area contributed by atoms with Gasteiger partial charge in [0.25, 0.3) is 0 Å². The van der Waals surface area contributed by atoms with Crippen LogP contribution in [0.15, 0.2) is 48.8 Å². The number of pyridine rings is 1. The van der Waals surface area contributed by atoms with Gasteiger partial charge in [-0.3, -0.25) is 9.78 Å². The minimum absolute atomic E-state index is 0.000723. The van der Waals surface area contributed by atoms with Gasteiger partial charge in [-0.25, -0.2) is 0 Å². The van der Waals surface area contributed by atoms with Gasteiger partial charge in [-0.2, -0.15) is 0 Å². The number of nitrogens with one attached hydrogen (secondary N) is 1. The van der Waals surface area contributed by atoms with E-state index in [-0.39, 0.29) is 43.2 Å². The van der Waals surface area contributed by atoms with E-state index in [9.17, 15) is 9.90 Å². The molecular weight excluding hydrogens is 354 g/mol. The van der Waals surface area contributed by atoms with Crippen LogP contribution in [-0.2, 0) is 9.53 Å². The van der Waals surface area contributed by atoms with E-state index in [0.717, 1.165) is 11.1 Å². The molecule has 1 aromatic heterocycles. The molecule has 150 valence electrons. The molecule has 0 saturated carbocycles. The summed E-state index contributed by atoms with van der Waals surface area (Å²) in [5.41, 5.74) is 3.35. The van der Waals surface area contributed by atoms with Gasteiger partial charge in [-0.05, 0) is 36.6 Å². The Morgan fingerprint density at radius 1 is 1.21 bits per heavy atom. The third-order valence-electron chi connectivity index (χ3n) is 5.39. The normalized spacial score (nSPS) is 21.4. The van der Waals surface area contributed by atoms with Gasteiger partial charge in [0.2, 0.25) is 5.91 Å². The van der Waals surface area contributed by atoms with Crippen LogP contribution in [0.25, 0.3) is 11.1 Å². The largest absolute Gasteiger partial charge is 0.395 e. The van der Waals surface area contributed by atoms with Gasteiger partial charge in [0.05, 0.1) is 6.61 Å². The lowest BCUT2D eigenvalue weighted by Crippen LogP contribution is -2.65. The molecule has 1 fully saturated rings. The number of methoxy groups -OCH3 is 1. The number of carbonyl (C=O) groups excluding carboxylic acids is 1. The molecule has 1 aliphatic rings. The van der Waals surface area contributed by atoms with E-state index in [2.05, 4.69) is 34.6 Å². The van der Waals surface area contributed by atoms with E-state index < -0.39 is 0 Å². The molecule has 1 saturated heterocycles. The van der Waals surface area contributed by atoms with E-state index in [0.29, 0.717) is 6.54 Å². The van der Waals surface area contributed by atoms with Crippen molar-refractivity contribution in [2.45, 2.75) is 37.9 Å². The lowest BCUT2D eigenvalue weighted by molar-refractivity contribution is -0.138. The zero-order valence-corrected chi connectivity index (χ0v) is 16.7. The fourth-order valence-electron chi connectivity index (χ4n) is 3.89. The first kappa shape index (κ1) is 20.5. The Hall–Kier alpha value is -2.28. The van der Waals surface area contributed by atoms with Crippen molar-refractivity contribution < 1.29 is 14.6 Å². The van der Waals surface area contributed by atoms with E-state index in [1.165, 1.54) is 12.7 Å². The van der Waals surface area contributed by atoms with Gasteiger partial charge in [0, 0.05) is 50.1 Å². The molecule has 6 nitrogen and oxygen atoms in total. The molecule has 1 aromatic carbocycles. The number of aromatic nitrogens is 1. The first-order valence-corrected chi connectivity index (χ1v) is 9.70.